The second kappa shape index (κ2) is 14.0. The fourth-order valence-corrected chi connectivity index (χ4v) is 3.23. The van der Waals surface area contributed by atoms with E-state index in [2.05, 4.69) is 16.0 Å². The van der Waals surface area contributed by atoms with E-state index in [1.165, 1.54) is 11.8 Å². The summed E-state index contributed by atoms with van der Waals surface area (Å²) in [6, 6.07) is 5.35. The van der Waals surface area contributed by atoms with Crippen molar-refractivity contribution in [2.45, 2.75) is 37.4 Å². The first-order valence-corrected chi connectivity index (χ1v) is 11.2. The molecule has 1 rings (SSSR count). The van der Waals surface area contributed by atoms with Gasteiger partial charge in [0.25, 0.3) is 0 Å². The molecule has 0 aliphatic heterocycles. The van der Waals surface area contributed by atoms with Gasteiger partial charge in [-0.15, -0.1) is 0 Å². The van der Waals surface area contributed by atoms with Crippen LogP contribution in [0.15, 0.2) is 30.3 Å². The number of carboxylic acid groups (broad SMARTS) is 1. The molecular weight excluding hydrogens is 438 g/mol. The standard InChI is InChI=1S/C20H29N5O6S/c1-32-8-7-13(18(28)25-15(20(30)31)10-16(22)26)24-19(29)14(23-17(27)11-21)9-12-5-3-2-4-6-12/h2-6,13-15H,7-11,21H2,1H3,(H2,22,26)(H,23,27)(H,24,29)(H,25,28)(H,30,31). The smallest absolute Gasteiger partial charge is 0.326 e. The first kappa shape index (κ1) is 26.9. The van der Waals surface area contributed by atoms with Crippen LogP contribution in [0.4, 0.5) is 0 Å². The van der Waals surface area contributed by atoms with Crippen molar-refractivity contribution in [3.05, 3.63) is 35.9 Å². The van der Waals surface area contributed by atoms with Crippen LogP contribution in [0.1, 0.15) is 18.4 Å². The molecule has 176 valence electrons. The first-order chi connectivity index (χ1) is 15.2. The predicted molar refractivity (Wildman–Crippen MR) is 119 cm³/mol. The molecule has 4 amide bonds. The van der Waals surface area contributed by atoms with E-state index in [0.29, 0.717) is 5.75 Å². The highest BCUT2D eigenvalue weighted by Gasteiger charge is 2.30. The average Bonchev–Trinajstić information content (AvgIpc) is 2.75. The predicted octanol–water partition coefficient (Wildman–Crippen LogP) is -1.64. The molecule has 0 saturated carbocycles. The molecule has 32 heavy (non-hydrogen) atoms. The number of nitrogens with one attached hydrogen (secondary N) is 3. The Hall–Kier alpha value is -3.12. The average molecular weight is 468 g/mol. The van der Waals surface area contributed by atoms with Gasteiger partial charge < -0.3 is 32.5 Å². The number of nitrogens with two attached hydrogens (primary N) is 2. The number of thioether (sulfide) groups is 1. The quantitative estimate of drug-likeness (QED) is 0.187. The zero-order valence-corrected chi connectivity index (χ0v) is 18.5. The summed E-state index contributed by atoms with van der Waals surface area (Å²) in [4.78, 5) is 59.9. The molecule has 0 bridgehead atoms. The highest BCUT2D eigenvalue weighted by Crippen LogP contribution is 2.07. The number of carbonyl (C=O) groups excluding carboxylic acids is 4. The van der Waals surface area contributed by atoms with Gasteiger partial charge in [-0.2, -0.15) is 11.8 Å². The third kappa shape index (κ3) is 9.79. The van der Waals surface area contributed by atoms with Crippen LogP contribution >= 0.6 is 11.8 Å². The Balaban J connectivity index is 2.99. The molecular formula is C20H29N5O6S. The lowest BCUT2D eigenvalue weighted by atomic mass is 10.0. The summed E-state index contributed by atoms with van der Waals surface area (Å²) in [5.74, 6) is -3.77. The molecule has 1 aromatic rings. The Morgan fingerprint density at radius 2 is 1.56 bits per heavy atom. The van der Waals surface area contributed by atoms with Crippen LogP contribution in [-0.4, -0.2) is 71.4 Å². The molecule has 0 aromatic heterocycles. The molecule has 0 aliphatic rings. The van der Waals surface area contributed by atoms with Gasteiger partial charge in [-0.1, -0.05) is 30.3 Å². The van der Waals surface area contributed by atoms with Crippen molar-refractivity contribution in [3.8, 4) is 0 Å². The van der Waals surface area contributed by atoms with Crippen LogP contribution in [0.5, 0.6) is 0 Å². The maximum atomic E-state index is 12.9. The largest absolute Gasteiger partial charge is 0.480 e. The van der Waals surface area contributed by atoms with Crippen molar-refractivity contribution < 1.29 is 29.1 Å². The fourth-order valence-electron chi connectivity index (χ4n) is 2.76. The van der Waals surface area contributed by atoms with Gasteiger partial charge in [0.2, 0.25) is 23.6 Å². The van der Waals surface area contributed by atoms with Crippen LogP contribution in [0.3, 0.4) is 0 Å². The maximum absolute atomic E-state index is 12.9. The number of aliphatic carboxylic acids is 1. The number of carbonyl (C=O) groups is 5. The van der Waals surface area contributed by atoms with Gasteiger partial charge in [0, 0.05) is 6.42 Å². The van der Waals surface area contributed by atoms with Crippen LogP contribution in [0, 0.1) is 0 Å². The zero-order valence-electron chi connectivity index (χ0n) is 17.7. The summed E-state index contributed by atoms with van der Waals surface area (Å²) >= 11 is 1.43. The molecule has 0 fully saturated rings. The Labute approximate surface area is 190 Å². The second-order valence-electron chi connectivity index (χ2n) is 6.93. The first-order valence-electron chi connectivity index (χ1n) is 9.82. The number of primary amides is 1. The van der Waals surface area contributed by atoms with Crippen LogP contribution in [0.25, 0.3) is 0 Å². The topological polar surface area (TPSA) is 194 Å². The van der Waals surface area contributed by atoms with Crippen molar-refractivity contribution in [3.63, 3.8) is 0 Å². The van der Waals surface area contributed by atoms with Gasteiger partial charge >= 0.3 is 5.97 Å². The van der Waals surface area contributed by atoms with Crippen molar-refractivity contribution in [1.29, 1.82) is 0 Å². The monoisotopic (exact) mass is 467 g/mol. The van der Waals surface area contributed by atoms with Crippen LogP contribution in [-0.2, 0) is 30.4 Å². The minimum Gasteiger partial charge on any atom is -0.480 e. The molecule has 0 heterocycles. The molecule has 0 radical (unpaired) electrons. The normalized spacial score (nSPS) is 13.3. The third-order valence-corrected chi connectivity index (χ3v) is 5.03. The summed E-state index contributed by atoms with van der Waals surface area (Å²) in [6.07, 6.45) is 1.58. The van der Waals surface area contributed by atoms with Gasteiger partial charge in [-0.3, -0.25) is 19.2 Å². The number of hydrogen-bond acceptors (Lipinski definition) is 7. The molecule has 1 aromatic carbocycles. The lowest BCUT2D eigenvalue weighted by Gasteiger charge is -2.24. The highest BCUT2D eigenvalue weighted by molar-refractivity contribution is 7.98. The van der Waals surface area contributed by atoms with E-state index in [1.54, 1.807) is 24.3 Å². The molecule has 11 nitrogen and oxygen atoms in total. The van der Waals surface area contributed by atoms with E-state index in [1.807, 2.05) is 12.3 Å². The van der Waals surface area contributed by atoms with Gasteiger partial charge in [-0.25, -0.2) is 4.79 Å². The SMILES string of the molecule is CSCCC(NC(=O)C(Cc1ccccc1)NC(=O)CN)C(=O)NC(CC(N)=O)C(=O)O. The van der Waals surface area contributed by atoms with Crippen molar-refractivity contribution in [2.75, 3.05) is 18.6 Å². The number of benzene rings is 1. The number of rotatable bonds is 14. The lowest BCUT2D eigenvalue weighted by Crippen LogP contribution is -2.57. The van der Waals surface area contributed by atoms with Gasteiger partial charge in [0.05, 0.1) is 13.0 Å². The molecule has 8 N–H and O–H groups in total. The number of amides is 4. The lowest BCUT2D eigenvalue weighted by molar-refractivity contribution is -0.143. The molecule has 12 heteroatoms. The van der Waals surface area contributed by atoms with E-state index >= 15 is 0 Å². The van der Waals surface area contributed by atoms with Crippen molar-refractivity contribution >= 4 is 41.4 Å². The molecule has 0 aliphatic carbocycles. The summed E-state index contributed by atoms with van der Waals surface area (Å²) in [5.41, 5.74) is 11.2. The van der Waals surface area contributed by atoms with E-state index in [0.717, 1.165) is 5.56 Å². The number of hydrogen-bond donors (Lipinski definition) is 6. The summed E-state index contributed by atoms with van der Waals surface area (Å²) < 4.78 is 0. The fraction of sp³-hybridized carbons (Fsp3) is 0.450. The highest BCUT2D eigenvalue weighted by atomic mass is 32.2. The van der Waals surface area contributed by atoms with Crippen LogP contribution in [0.2, 0.25) is 0 Å². The van der Waals surface area contributed by atoms with Gasteiger partial charge in [0.1, 0.15) is 18.1 Å². The summed E-state index contributed by atoms with van der Waals surface area (Å²) in [7, 11) is 0. The van der Waals surface area contributed by atoms with Gasteiger partial charge in [-0.05, 0) is 24.0 Å². The summed E-state index contributed by atoms with van der Waals surface area (Å²) in [6.45, 7) is -0.317. The molecule has 0 saturated heterocycles. The van der Waals surface area contributed by atoms with Crippen molar-refractivity contribution in [1.82, 2.24) is 16.0 Å². The van der Waals surface area contributed by atoms with Crippen molar-refractivity contribution in [2.24, 2.45) is 11.5 Å². The molecule has 3 unspecified atom stereocenters. The second-order valence-corrected chi connectivity index (χ2v) is 7.91. The zero-order chi connectivity index (χ0) is 24.1. The number of carboxylic acids is 1. The Morgan fingerprint density at radius 1 is 0.969 bits per heavy atom. The maximum Gasteiger partial charge on any atom is 0.326 e. The van der Waals surface area contributed by atoms with Crippen LogP contribution < -0.4 is 27.4 Å². The van der Waals surface area contributed by atoms with E-state index in [4.69, 9.17) is 11.5 Å². The van der Waals surface area contributed by atoms with E-state index < -0.39 is 54.1 Å². The van der Waals surface area contributed by atoms with Gasteiger partial charge in [0.15, 0.2) is 0 Å². The Bertz CT molecular complexity index is 807. The van der Waals surface area contributed by atoms with E-state index in [-0.39, 0.29) is 19.4 Å². The minimum absolute atomic E-state index is 0.161. The molecule has 3 atom stereocenters. The van der Waals surface area contributed by atoms with E-state index in [9.17, 15) is 29.1 Å². The third-order valence-electron chi connectivity index (χ3n) is 4.38. The Kier molecular flexibility index (Phi) is 11.8. The molecule has 0 spiro atoms. The Morgan fingerprint density at radius 3 is 2.09 bits per heavy atom. The minimum atomic E-state index is -1.52. The summed E-state index contributed by atoms with van der Waals surface area (Å²) in [5, 5.41) is 16.6.